The van der Waals surface area contributed by atoms with Gasteiger partial charge in [-0.3, -0.25) is 0 Å². The highest BCUT2D eigenvalue weighted by Gasteiger charge is 2.48. The smallest absolute Gasteiger partial charge is 0.0588 e. The second-order valence-electron chi connectivity index (χ2n) is 5.66. The summed E-state index contributed by atoms with van der Waals surface area (Å²) >= 11 is 0. The SMILES string of the molecule is Cc1ccc(C)c(C2(C3CCNC3)COC2)c1. The molecule has 0 bridgehead atoms. The molecule has 0 aromatic heterocycles. The van der Waals surface area contributed by atoms with Crippen molar-refractivity contribution < 1.29 is 4.74 Å². The van der Waals surface area contributed by atoms with E-state index >= 15 is 0 Å². The third kappa shape index (κ3) is 1.71. The average Bonchev–Trinajstić information content (AvgIpc) is 2.75. The van der Waals surface area contributed by atoms with Crippen molar-refractivity contribution in [2.45, 2.75) is 25.7 Å². The van der Waals surface area contributed by atoms with Crippen molar-refractivity contribution in [3.63, 3.8) is 0 Å². The van der Waals surface area contributed by atoms with Crippen molar-refractivity contribution in [3.05, 3.63) is 34.9 Å². The van der Waals surface area contributed by atoms with E-state index in [-0.39, 0.29) is 0 Å². The van der Waals surface area contributed by atoms with Crippen LogP contribution in [-0.4, -0.2) is 26.3 Å². The summed E-state index contributed by atoms with van der Waals surface area (Å²) in [4.78, 5) is 0. The third-order valence-electron chi connectivity index (χ3n) is 4.49. The number of hydrogen-bond donors (Lipinski definition) is 1. The van der Waals surface area contributed by atoms with E-state index in [1.807, 2.05) is 0 Å². The fraction of sp³-hybridized carbons (Fsp3) is 0.600. The van der Waals surface area contributed by atoms with Crippen LogP contribution in [0, 0.1) is 19.8 Å². The summed E-state index contributed by atoms with van der Waals surface area (Å²) in [7, 11) is 0. The minimum Gasteiger partial charge on any atom is -0.379 e. The Morgan fingerprint density at radius 2 is 2.12 bits per heavy atom. The van der Waals surface area contributed by atoms with Crippen molar-refractivity contribution in [1.29, 1.82) is 0 Å². The van der Waals surface area contributed by atoms with Crippen molar-refractivity contribution in [3.8, 4) is 0 Å². The Kier molecular flexibility index (Phi) is 2.72. The molecule has 1 atom stereocenters. The lowest BCUT2D eigenvalue weighted by molar-refractivity contribution is -0.0872. The van der Waals surface area contributed by atoms with Crippen LogP contribution in [0.5, 0.6) is 0 Å². The molecular formula is C15H21NO. The molecule has 2 aliphatic rings. The van der Waals surface area contributed by atoms with Crippen molar-refractivity contribution in [2.24, 2.45) is 5.92 Å². The van der Waals surface area contributed by atoms with Gasteiger partial charge in [-0.2, -0.15) is 0 Å². The molecule has 2 nitrogen and oxygen atoms in total. The molecule has 0 aliphatic carbocycles. The zero-order chi connectivity index (χ0) is 11.9. The third-order valence-corrected chi connectivity index (χ3v) is 4.49. The van der Waals surface area contributed by atoms with Crippen LogP contribution in [0.3, 0.4) is 0 Å². The van der Waals surface area contributed by atoms with Gasteiger partial charge in [-0.15, -0.1) is 0 Å². The summed E-state index contributed by atoms with van der Waals surface area (Å²) in [5.74, 6) is 0.747. The van der Waals surface area contributed by atoms with Gasteiger partial charge in [0.1, 0.15) is 0 Å². The maximum absolute atomic E-state index is 5.57. The number of hydrogen-bond acceptors (Lipinski definition) is 2. The molecule has 2 aliphatic heterocycles. The number of benzene rings is 1. The van der Waals surface area contributed by atoms with Gasteiger partial charge >= 0.3 is 0 Å². The van der Waals surface area contributed by atoms with Gasteiger partial charge in [0.25, 0.3) is 0 Å². The van der Waals surface area contributed by atoms with Gasteiger partial charge in [0.15, 0.2) is 0 Å². The first kappa shape index (κ1) is 11.2. The Bertz CT molecular complexity index is 417. The highest BCUT2D eigenvalue weighted by atomic mass is 16.5. The molecule has 0 spiro atoms. The Balaban J connectivity index is 2.01. The lowest BCUT2D eigenvalue weighted by atomic mass is 9.67. The molecule has 0 saturated carbocycles. The molecule has 17 heavy (non-hydrogen) atoms. The number of rotatable bonds is 2. The van der Waals surface area contributed by atoms with Gasteiger partial charge in [-0.25, -0.2) is 0 Å². The summed E-state index contributed by atoms with van der Waals surface area (Å²) in [6.07, 6.45) is 1.29. The Morgan fingerprint density at radius 3 is 2.71 bits per heavy atom. The molecule has 0 radical (unpaired) electrons. The van der Waals surface area contributed by atoms with Crippen LogP contribution >= 0.6 is 0 Å². The Labute approximate surface area is 103 Å². The zero-order valence-electron chi connectivity index (χ0n) is 10.8. The van der Waals surface area contributed by atoms with Gasteiger partial charge in [0.2, 0.25) is 0 Å². The largest absolute Gasteiger partial charge is 0.379 e. The van der Waals surface area contributed by atoms with Crippen molar-refractivity contribution in [1.82, 2.24) is 5.32 Å². The summed E-state index contributed by atoms with van der Waals surface area (Å²) in [6.45, 7) is 8.54. The first-order chi connectivity index (χ1) is 8.22. The van der Waals surface area contributed by atoms with Crippen LogP contribution < -0.4 is 5.32 Å². The van der Waals surface area contributed by atoms with Gasteiger partial charge < -0.3 is 10.1 Å². The lowest BCUT2D eigenvalue weighted by Gasteiger charge is -2.47. The summed E-state index contributed by atoms with van der Waals surface area (Å²) in [5.41, 5.74) is 4.60. The Hall–Kier alpha value is -0.860. The fourth-order valence-corrected chi connectivity index (χ4v) is 3.33. The number of ether oxygens (including phenoxy) is 1. The van der Waals surface area contributed by atoms with E-state index in [0.29, 0.717) is 5.41 Å². The molecule has 2 heterocycles. The second-order valence-corrected chi connectivity index (χ2v) is 5.66. The monoisotopic (exact) mass is 231 g/mol. The first-order valence-corrected chi connectivity index (χ1v) is 6.58. The molecule has 0 amide bonds. The van der Waals surface area contributed by atoms with Crippen LogP contribution in [0.1, 0.15) is 23.1 Å². The van der Waals surface area contributed by atoms with Crippen LogP contribution in [0.4, 0.5) is 0 Å². The van der Waals surface area contributed by atoms with Gasteiger partial charge in [0.05, 0.1) is 13.2 Å². The summed E-state index contributed by atoms with van der Waals surface area (Å²) in [6, 6.07) is 6.84. The average molecular weight is 231 g/mol. The van der Waals surface area contributed by atoms with Crippen LogP contribution in [0.15, 0.2) is 18.2 Å². The lowest BCUT2D eigenvalue weighted by Crippen LogP contribution is -2.53. The van der Waals surface area contributed by atoms with Crippen LogP contribution in [0.25, 0.3) is 0 Å². The van der Waals surface area contributed by atoms with Gasteiger partial charge in [-0.05, 0) is 50.4 Å². The quantitative estimate of drug-likeness (QED) is 0.842. The van der Waals surface area contributed by atoms with Crippen molar-refractivity contribution >= 4 is 0 Å². The predicted octanol–water partition coefficient (Wildman–Crippen LogP) is 2.18. The first-order valence-electron chi connectivity index (χ1n) is 6.58. The molecular weight excluding hydrogens is 210 g/mol. The summed E-state index contributed by atoms with van der Waals surface area (Å²) in [5, 5.41) is 3.49. The normalized spacial score (nSPS) is 26.8. The van der Waals surface area contributed by atoms with Crippen LogP contribution in [-0.2, 0) is 10.2 Å². The van der Waals surface area contributed by atoms with E-state index in [1.165, 1.54) is 23.1 Å². The number of aryl methyl sites for hydroxylation is 2. The molecule has 2 saturated heterocycles. The number of nitrogens with one attached hydrogen (secondary N) is 1. The van der Waals surface area contributed by atoms with E-state index < -0.39 is 0 Å². The minimum absolute atomic E-state index is 0.291. The molecule has 1 aromatic rings. The molecule has 2 heteroatoms. The predicted molar refractivity (Wildman–Crippen MR) is 69.4 cm³/mol. The maximum Gasteiger partial charge on any atom is 0.0588 e. The second kappa shape index (κ2) is 4.11. The highest BCUT2D eigenvalue weighted by molar-refractivity contribution is 5.39. The van der Waals surface area contributed by atoms with E-state index in [9.17, 15) is 0 Å². The fourth-order valence-electron chi connectivity index (χ4n) is 3.33. The Morgan fingerprint density at radius 1 is 1.29 bits per heavy atom. The zero-order valence-corrected chi connectivity index (χ0v) is 10.8. The van der Waals surface area contributed by atoms with Gasteiger partial charge in [0, 0.05) is 5.41 Å². The standard InChI is InChI=1S/C15H21NO/c1-11-3-4-12(2)14(7-11)15(9-17-10-15)13-5-6-16-8-13/h3-4,7,13,16H,5-6,8-10H2,1-2H3. The molecule has 2 fully saturated rings. The molecule has 1 N–H and O–H groups in total. The molecule has 1 aromatic carbocycles. The van der Waals surface area contributed by atoms with E-state index in [0.717, 1.165) is 32.2 Å². The van der Waals surface area contributed by atoms with E-state index in [4.69, 9.17) is 4.74 Å². The molecule has 3 rings (SSSR count). The molecule has 1 unspecified atom stereocenters. The topological polar surface area (TPSA) is 21.3 Å². The van der Waals surface area contributed by atoms with Crippen LogP contribution in [0.2, 0.25) is 0 Å². The van der Waals surface area contributed by atoms with E-state index in [2.05, 4.69) is 37.4 Å². The minimum atomic E-state index is 0.291. The van der Waals surface area contributed by atoms with Crippen molar-refractivity contribution in [2.75, 3.05) is 26.3 Å². The highest BCUT2D eigenvalue weighted by Crippen LogP contribution is 2.43. The molecule has 92 valence electrons. The van der Waals surface area contributed by atoms with Gasteiger partial charge in [-0.1, -0.05) is 23.8 Å². The van der Waals surface area contributed by atoms with E-state index in [1.54, 1.807) is 0 Å². The maximum atomic E-state index is 5.57. The summed E-state index contributed by atoms with van der Waals surface area (Å²) < 4.78 is 5.57.